The molecular weight excluding hydrogens is 399 g/mol. The Hall–Kier alpha value is -3.16. The number of carbonyl (C=O) groups excluding carboxylic acids is 2. The smallest absolute Gasteiger partial charge is 0.245 e. The summed E-state index contributed by atoms with van der Waals surface area (Å²) in [4.78, 5) is 27.9. The van der Waals surface area contributed by atoms with Crippen LogP contribution in [0.15, 0.2) is 36.3 Å². The Balaban J connectivity index is 1.51. The maximum Gasteiger partial charge on any atom is 0.245 e. The zero-order valence-corrected chi connectivity index (χ0v) is 17.5. The van der Waals surface area contributed by atoms with E-state index in [1.54, 1.807) is 13.8 Å². The Bertz CT molecular complexity index is 1060. The number of rotatable bonds is 7. The minimum atomic E-state index is -1.15. The summed E-state index contributed by atoms with van der Waals surface area (Å²) in [6.07, 6.45) is 7.71. The Labute approximate surface area is 181 Å². The fraction of sp³-hybridized carbons (Fsp3) is 0.304. The standard InChI is InChI=1S/C23H24BF2N3O2/c1-23(2,29-21(30)8-4-14-3-6-19(26)18(24)11-14)22(31)27-10-9-15-13-28-20-7-5-16(25)12-17(15)20/h3-4,6,8,11-13,28H,5,7,9-10H2,1-2H3,(H,27,31)(H,29,30)/b8-4+. The molecule has 160 valence electrons. The highest BCUT2D eigenvalue weighted by atomic mass is 19.1. The molecule has 0 bridgehead atoms. The second kappa shape index (κ2) is 9.33. The lowest BCUT2D eigenvalue weighted by Gasteiger charge is -2.24. The van der Waals surface area contributed by atoms with E-state index < -0.39 is 17.3 Å². The number of carbonyl (C=O) groups is 2. The van der Waals surface area contributed by atoms with Crippen LogP contribution in [0.4, 0.5) is 8.78 Å². The fourth-order valence-corrected chi connectivity index (χ4v) is 3.37. The van der Waals surface area contributed by atoms with Gasteiger partial charge in [0.2, 0.25) is 11.8 Å². The van der Waals surface area contributed by atoms with Crippen LogP contribution < -0.4 is 16.1 Å². The molecule has 3 N–H and O–H groups in total. The van der Waals surface area contributed by atoms with Crippen LogP contribution in [0, 0.1) is 5.82 Å². The average Bonchev–Trinajstić information content (AvgIpc) is 3.10. The molecule has 1 aromatic heterocycles. The first-order chi connectivity index (χ1) is 14.7. The molecule has 0 unspecified atom stereocenters. The molecule has 0 atom stereocenters. The van der Waals surface area contributed by atoms with Crippen molar-refractivity contribution in [3.8, 4) is 0 Å². The van der Waals surface area contributed by atoms with Gasteiger partial charge in [0.1, 0.15) is 25.0 Å². The topological polar surface area (TPSA) is 74.0 Å². The summed E-state index contributed by atoms with van der Waals surface area (Å²) in [6, 6.07) is 4.13. The molecule has 1 aliphatic rings. The van der Waals surface area contributed by atoms with Crippen LogP contribution in [0.1, 0.15) is 42.7 Å². The second-order valence-electron chi connectivity index (χ2n) is 8.03. The summed E-state index contributed by atoms with van der Waals surface area (Å²) >= 11 is 0. The Morgan fingerprint density at radius 2 is 2.03 bits per heavy atom. The molecule has 0 saturated heterocycles. The summed E-state index contributed by atoms with van der Waals surface area (Å²) in [5.74, 6) is -1.48. The maximum absolute atomic E-state index is 13.6. The molecule has 8 heteroatoms. The van der Waals surface area contributed by atoms with Crippen LogP contribution in [0.25, 0.3) is 12.2 Å². The van der Waals surface area contributed by atoms with Gasteiger partial charge in [-0.1, -0.05) is 17.6 Å². The Kier molecular flexibility index (Phi) is 6.78. The average molecular weight is 423 g/mol. The molecule has 1 aromatic carbocycles. The van der Waals surface area contributed by atoms with Crippen LogP contribution >= 0.6 is 0 Å². The number of nitrogens with one attached hydrogen (secondary N) is 3. The first-order valence-corrected chi connectivity index (χ1v) is 10.0. The molecule has 5 nitrogen and oxygen atoms in total. The third-order valence-corrected chi connectivity index (χ3v) is 5.14. The molecule has 2 aromatic rings. The fourth-order valence-electron chi connectivity index (χ4n) is 3.37. The van der Waals surface area contributed by atoms with Crippen LogP contribution in [-0.4, -0.2) is 36.7 Å². The van der Waals surface area contributed by atoms with Crippen molar-refractivity contribution >= 4 is 37.3 Å². The third-order valence-electron chi connectivity index (χ3n) is 5.14. The van der Waals surface area contributed by atoms with Crippen LogP contribution in [-0.2, 0) is 22.4 Å². The minimum absolute atomic E-state index is 0.0100. The van der Waals surface area contributed by atoms with Crippen LogP contribution in [0.2, 0.25) is 0 Å². The lowest BCUT2D eigenvalue weighted by molar-refractivity contribution is -0.130. The summed E-state index contributed by atoms with van der Waals surface area (Å²) in [5, 5.41) is 5.45. The van der Waals surface area contributed by atoms with Crippen molar-refractivity contribution in [2.75, 3.05) is 6.54 Å². The summed E-state index contributed by atoms with van der Waals surface area (Å²) in [7, 11) is 5.51. The van der Waals surface area contributed by atoms with Crippen molar-refractivity contribution in [1.29, 1.82) is 0 Å². The maximum atomic E-state index is 13.6. The number of aryl methyl sites for hydroxylation is 1. The number of fused-ring (bicyclic) bond motifs is 1. The van der Waals surface area contributed by atoms with E-state index in [2.05, 4.69) is 15.6 Å². The second-order valence-corrected chi connectivity index (χ2v) is 8.03. The van der Waals surface area contributed by atoms with E-state index in [1.807, 2.05) is 6.20 Å². The molecule has 1 heterocycles. The number of allylic oxidation sites excluding steroid dienone is 1. The molecule has 3 rings (SSSR count). The first kappa shape index (κ1) is 22.5. The first-order valence-electron chi connectivity index (χ1n) is 10.0. The quantitative estimate of drug-likeness (QED) is 0.473. The van der Waals surface area contributed by atoms with Crippen molar-refractivity contribution < 1.29 is 18.4 Å². The van der Waals surface area contributed by atoms with E-state index in [9.17, 15) is 18.4 Å². The Morgan fingerprint density at radius 1 is 1.26 bits per heavy atom. The van der Waals surface area contributed by atoms with Gasteiger partial charge in [0, 0.05) is 36.5 Å². The largest absolute Gasteiger partial charge is 0.364 e. The molecule has 0 spiro atoms. The monoisotopic (exact) mass is 423 g/mol. The van der Waals surface area contributed by atoms with Gasteiger partial charge in [-0.05, 0) is 56.0 Å². The molecule has 31 heavy (non-hydrogen) atoms. The minimum Gasteiger partial charge on any atom is -0.364 e. The van der Waals surface area contributed by atoms with Crippen molar-refractivity contribution in [1.82, 2.24) is 15.6 Å². The summed E-state index contributed by atoms with van der Waals surface area (Å²) in [6.45, 7) is 3.54. The highest BCUT2D eigenvalue weighted by Crippen LogP contribution is 2.27. The van der Waals surface area contributed by atoms with Crippen molar-refractivity contribution in [2.24, 2.45) is 0 Å². The van der Waals surface area contributed by atoms with Crippen molar-refractivity contribution in [3.63, 3.8) is 0 Å². The van der Waals surface area contributed by atoms with Crippen molar-refractivity contribution in [3.05, 3.63) is 64.5 Å². The molecule has 2 amide bonds. The lowest BCUT2D eigenvalue weighted by Crippen LogP contribution is -2.54. The van der Waals surface area contributed by atoms with Gasteiger partial charge in [-0.2, -0.15) is 0 Å². The number of aromatic nitrogens is 1. The SMILES string of the molecule is [B]c1cc(/C=C/C(=O)NC(C)(C)C(=O)NCCc2c[nH]c3c2C=C(F)CC3)ccc1F. The molecule has 0 fully saturated rings. The van der Waals surface area contributed by atoms with E-state index in [1.165, 1.54) is 36.4 Å². The Morgan fingerprint density at radius 3 is 2.77 bits per heavy atom. The van der Waals surface area contributed by atoms with Crippen LogP contribution in [0.5, 0.6) is 0 Å². The van der Waals surface area contributed by atoms with E-state index in [4.69, 9.17) is 7.85 Å². The lowest BCUT2D eigenvalue weighted by atomic mass is 9.93. The van der Waals surface area contributed by atoms with E-state index in [-0.39, 0.29) is 17.2 Å². The third kappa shape index (κ3) is 5.72. The highest BCUT2D eigenvalue weighted by Gasteiger charge is 2.28. The van der Waals surface area contributed by atoms with Gasteiger partial charge in [-0.3, -0.25) is 9.59 Å². The van der Waals surface area contributed by atoms with Gasteiger partial charge in [0.25, 0.3) is 0 Å². The zero-order chi connectivity index (χ0) is 22.6. The molecular formula is C23H24BF2N3O2. The number of hydrogen-bond donors (Lipinski definition) is 3. The predicted molar refractivity (Wildman–Crippen MR) is 118 cm³/mol. The van der Waals surface area contributed by atoms with Gasteiger partial charge in [0.05, 0.1) is 0 Å². The van der Waals surface area contributed by atoms with E-state index in [0.717, 1.165) is 16.8 Å². The summed E-state index contributed by atoms with van der Waals surface area (Å²) in [5.41, 5.74) is 2.21. The number of aromatic amines is 1. The van der Waals surface area contributed by atoms with E-state index in [0.29, 0.717) is 31.4 Å². The van der Waals surface area contributed by atoms with Crippen molar-refractivity contribution in [2.45, 2.75) is 38.6 Å². The predicted octanol–water partition coefficient (Wildman–Crippen LogP) is 2.47. The van der Waals surface area contributed by atoms with Gasteiger partial charge in [0.15, 0.2) is 0 Å². The molecule has 0 aliphatic heterocycles. The number of halogens is 2. The normalized spacial score (nSPS) is 13.6. The van der Waals surface area contributed by atoms with E-state index >= 15 is 0 Å². The molecule has 0 saturated carbocycles. The van der Waals surface area contributed by atoms with Gasteiger partial charge in [-0.25, -0.2) is 8.78 Å². The van der Waals surface area contributed by atoms with Crippen LogP contribution in [0.3, 0.4) is 0 Å². The van der Waals surface area contributed by atoms with Gasteiger partial charge >= 0.3 is 0 Å². The zero-order valence-electron chi connectivity index (χ0n) is 17.5. The van der Waals surface area contributed by atoms with Gasteiger partial charge < -0.3 is 15.6 Å². The number of H-pyrrole nitrogens is 1. The number of amides is 2. The summed E-state index contributed by atoms with van der Waals surface area (Å²) < 4.78 is 26.8. The number of hydrogen-bond acceptors (Lipinski definition) is 2. The van der Waals surface area contributed by atoms with Gasteiger partial charge in [-0.15, -0.1) is 0 Å². The molecule has 1 aliphatic carbocycles. The molecule has 2 radical (unpaired) electrons. The number of benzene rings is 1. The highest BCUT2D eigenvalue weighted by molar-refractivity contribution is 6.32.